The number of ether oxygens (including phenoxy) is 1. The summed E-state index contributed by atoms with van der Waals surface area (Å²) in [6.07, 6.45) is -1.86. The van der Waals surface area contributed by atoms with E-state index in [1.807, 2.05) is 0 Å². The third-order valence-electron chi connectivity index (χ3n) is 9.41. The number of oxazole rings is 1. The molecule has 2 aromatic carbocycles. The number of hydrogen-bond acceptors (Lipinski definition) is 8. The predicted octanol–water partition coefficient (Wildman–Crippen LogP) is 4.98. The van der Waals surface area contributed by atoms with Gasteiger partial charge in [0.1, 0.15) is 11.1 Å². The van der Waals surface area contributed by atoms with Crippen molar-refractivity contribution < 1.29 is 32.2 Å². The number of anilines is 2. The molecule has 0 spiro atoms. The summed E-state index contributed by atoms with van der Waals surface area (Å²) in [4.78, 5) is 35.7. The molecular weight excluding hydrogens is 603 g/mol. The van der Waals surface area contributed by atoms with E-state index in [-0.39, 0.29) is 16.9 Å². The Bertz CT molecular complexity index is 1830. The summed E-state index contributed by atoms with van der Waals surface area (Å²) in [6.45, 7) is 6.29. The Morgan fingerprint density at radius 3 is 2.43 bits per heavy atom. The van der Waals surface area contributed by atoms with E-state index < -0.39 is 28.7 Å². The molecule has 13 heteroatoms. The second kappa shape index (κ2) is 11.8. The first kappa shape index (κ1) is 30.3. The van der Waals surface area contributed by atoms with Gasteiger partial charge in [-0.3, -0.25) is 4.79 Å². The summed E-state index contributed by atoms with van der Waals surface area (Å²) < 4.78 is 55.8. The van der Waals surface area contributed by atoms with Gasteiger partial charge in [-0.2, -0.15) is 18.2 Å². The summed E-state index contributed by atoms with van der Waals surface area (Å²) in [6, 6.07) is 10.6. The number of nitrogens with zero attached hydrogens (tertiary/aromatic N) is 5. The van der Waals surface area contributed by atoms with Crippen LogP contribution in [0.15, 0.2) is 57.9 Å². The van der Waals surface area contributed by atoms with Gasteiger partial charge in [-0.15, -0.1) is 0 Å². The van der Waals surface area contributed by atoms with Crippen molar-refractivity contribution in [2.75, 3.05) is 69.3 Å². The van der Waals surface area contributed by atoms with Crippen LogP contribution in [0.2, 0.25) is 0 Å². The summed E-state index contributed by atoms with van der Waals surface area (Å²) in [5, 5.41) is 9.72. The van der Waals surface area contributed by atoms with E-state index in [9.17, 15) is 27.9 Å². The van der Waals surface area contributed by atoms with Crippen LogP contribution >= 0.6 is 0 Å². The zero-order valence-electron chi connectivity index (χ0n) is 25.3. The van der Waals surface area contributed by atoms with Gasteiger partial charge in [0.2, 0.25) is 0 Å². The highest BCUT2D eigenvalue weighted by Crippen LogP contribution is 2.41. The topological polar surface area (TPSA) is 104 Å². The van der Waals surface area contributed by atoms with Crippen molar-refractivity contribution in [3.05, 3.63) is 70.0 Å². The molecule has 4 aromatic rings. The predicted molar refractivity (Wildman–Crippen MR) is 166 cm³/mol. The third-order valence-corrected chi connectivity index (χ3v) is 9.41. The Morgan fingerprint density at radius 1 is 1.02 bits per heavy atom. The minimum absolute atomic E-state index is 0.0918. The summed E-state index contributed by atoms with van der Waals surface area (Å²) in [7, 11) is 1.71. The van der Waals surface area contributed by atoms with Gasteiger partial charge in [0, 0.05) is 82.6 Å². The van der Waals surface area contributed by atoms with Crippen LogP contribution in [-0.4, -0.2) is 85.1 Å². The minimum Gasteiger partial charge on any atom is -0.477 e. The highest BCUT2D eigenvalue weighted by molar-refractivity contribution is 5.88. The lowest BCUT2D eigenvalue weighted by Gasteiger charge is -2.24. The monoisotopic (exact) mass is 637 g/mol. The largest absolute Gasteiger partial charge is 0.477 e. The number of benzene rings is 2. The lowest BCUT2D eigenvalue weighted by Crippen LogP contribution is -2.30. The second-order valence-electron chi connectivity index (χ2n) is 12.4. The van der Waals surface area contributed by atoms with Crippen molar-refractivity contribution in [2.24, 2.45) is 11.8 Å². The Morgan fingerprint density at radius 2 is 1.76 bits per heavy atom. The molecular formula is C33H34F3N5O5. The van der Waals surface area contributed by atoms with Gasteiger partial charge in [0.05, 0.1) is 17.9 Å². The number of pyridine rings is 1. The van der Waals surface area contributed by atoms with E-state index >= 15 is 0 Å². The molecule has 3 saturated heterocycles. The van der Waals surface area contributed by atoms with E-state index in [0.717, 1.165) is 63.9 Å². The average Bonchev–Trinajstić information content (AvgIpc) is 3.82. The number of methoxy groups -OCH3 is 1. The lowest BCUT2D eigenvalue weighted by atomic mass is 10.0. The van der Waals surface area contributed by atoms with Gasteiger partial charge >= 0.3 is 12.1 Å². The number of carboxylic acid groups (broad SMARTS) is 1. The molecule has 3 fully saturated rings. The molecule has 46 heavy (non-hydrogen) atoms. The minimum atomic E-state index is -4.63. The first-order valence-electron chi connectivity index (χ1n) is 15.4. The molecule has 0 bridgehead atoms. The van der Waals surface area contributed by atoms with Crippen molar-refractivity contribution in [2.45, 2.75) is 19.0 Å². The Hall–Kier alpha value is -4.36. The smallest absolute Gasteiger partial charge is 0.418 e. The quantitative estimate of drug-likeness (QED) is 0.287. The maximum absolute atomic E-state index is 14.3. The number of fused-ring (bicyclic) bond motifs is 2. The second-order valence-corrected chi connectivity index (χ2v) is 12.4. The zero-order valence-corrected chi connectivity index (χ0v) is 25.3. The van der Waals surface area contributed by atoms with Crippen LogP contribution in [0.3, 0.4) is 0 Å². The average molecular weight is 638 g/mol. The lowest BCUT2D eigenvalue weighted by molar-refractivity contribution is -0.137. The van der Waals surface area contributed by atoms with Crippen LogP contribution in [0, 0.1) is 11.8 Å². The SMILES string of the molecule is COCCN1CC2CN(c3nc4ccc(-n5cc(C(=O)O)c(=O)cc5-c5ccc(N6CCCC6)c(C(F)(F)F)c5)cc4o3)CC2C1. The van der Waals surface area contributed by atoms with Crippen LogP contribution in [0.5, 0.6) is 0 Å². The van der Waals surface area contributed by atoms with Crippen LogP contribution in [-0.2, 0) is 10.9 Å². The maximum atomic E-state index is 14.3. The van der Waals surface area contributed by atoms with E-state index in [1.165, 1.54) is 10.6 Å². The standard InChI is InChI=1S/C33H34F3N5O5/c1-45-11-10-38-15-21-17-40(18-22(21)16-38)32-37-26-6-5-23(13-30(26)46-32)41-19-24(31(43)44)29(42)14-28(41)20-4-7-27(39-8-2-3-9-39)25(12-20)33(34,35)36/h4-7,12-14,19,21-22H,2-3,8-11,15-18H2,1H3,(H,43,44). The molecule has 2 atom stereocenters. The molecule has 0 aliphatic carbocycles. The molecule has 10 nitrogen and oxygen atoms in total. The molecule has 1 N–H and O–H groups in total. The molecule has 5 heterocycles. The summed E-state index contributed by atoms with van der Waals surface area (Å²) in [5.74, 6) is -0.438. The van der Waals surface area contributed by atoms with E-state index in [0.29, 0.717) is 54.3 Å². The highest BCUT2D eigenvalue weighted by Gasteiger charge is 2.41. The first-order chi connectivity index (χ1) is 22.1. The van der Waals surface area contributed by atoms with Gasteiger partial charge in [-0.1, -0.05) is 6.07 Å². The van der Waals surface area contributed by atoms with Gasteiger partial charge in [0.15, 0.2) is 11.0 Å². The number of carbonyl (C=O) groups is 1. The number of halogens is 3. The van der Waals surface area contributed by atoms with Crippen molar-refractivity contribution in [3.8, 4) is 16.9 Å². The number of aromatic carboxylic acids is 1. The number of rotatable bonds is 8. The van der Waals surface area contributed by atoms with Gasteiger partial charge < -0.3 is 33.5 Å². The Labute approximate surface area is 262 Å². The third kappa shape index (κ3) is 5.62. The van der Waals surface area contributed by atoms with Crippen molar-refractivity contribution >= 4 is 28.8 Å². The number of aromatic nitrogens is 2. The van der Waals surface area contributed by atoms with E-state index in [4.69, 9.17) is 14.1 Å². The highest BCUT2D eigenvalue weighted by atomic mass is 19.4. The van der Waals surface area contributed by atoms with Gasteiger partial charge in [0.25, 0.3) is 6.01 Å². The van der Waals surface area contributed by atoms with Gasteiger partial charge in [-0.25, -0.2) is 4.79 Å². The molecule has 2 unspecified atom stereocenters. The molecule has 3 aliphatic rings. The van der Waals surface area contributed by atoms with Crippen LogP contribution in [0.4, 0.5) is 24.9 Å². The van der Waals surface area contributed by atoms with Gasteiger partial charge in [-0.05, 0) is 54.5 Å². The summed E-state index contributed by atoms with van der Waals surface area (Å²) in [5.41, 5.74) is -0.328. The van der Waals surface area contributed by atoms with E-state index in [2.05, 4.69) is 9.80 Å². The normalized spacial score (nSPS) is 20.3. The maximum Gasteiger partial charge on any atom is 0.418 e. The van der Waals surface area contributed by atoms with Crippen molar-refractivity contribution in [1.82, 2.24) is 14.5 Å². The fourth-order valence-corrected chi connectivity index (χ4v) is 7.12. The van der Waals surface area contributed by atoms with Crippen LogP contribution in [0.1, 0.15) is 28.8 Å². The Balaban J connectivity index is 1.24. The number of carboxylic acids is 1. The number of hydrogen-bond donors (Lipinski definition) is 1. The Kier molecular flexibility index (Phi) is 7.76. The van der Waals surface area contributed by atoms with Crippen LogP contribution in [0.25, 0.3) is 28.0 Å². The molecule has 7 rings (SSSR count). The van der Waals surface area contributed by atoms with E-state index in [1.54, 1.807) is 36.3 Å². The molecule has 242 valence electrons. The number of likely N-dealkylation sites (tertiary alicyclic amines) is 1. The molecule has 2 aromatic heterocycles. The zero-order chi connectivity index (χ0) is 32.2. The first-order valence-corrected chi connectivity index (χ1v) is 15.4. The molecule has 0 saturated carbocycles. The van der Waals surface area contributed by atoms with Crippen LogP contribution < -0.4 is 15.2 Å². The van der Waals surface area contributed by atoms with Crippen molar-refractivity contribution in [3.63, 3.8) is 0 Å². The number of alkyl halides is 3. The summed E-state index contributed by atoms with van der Waals surface area (Å²) >= 11 is 0. The molecule has 3 aliphatic heterocycles. The molecule has 0 radical (unpaired) electrons. The fourth-order valence-electron chi connectivity index (χ4n) is 7.12. The fraction of sp³-hybridized carbons (Fsp3) is 0.424. The molecule has 0 amide bonds. The van der Waals surface area contributed by atoms with Crippen molar-refractivity contribution in [1.29, 1.82) is 0 Å².